The summed E-state index contributed by atoms with van der Waals surface area (Å²) in [6, 6.07) is 6.85. The van der Waals surface area contributed by atoms with Crippen LogP contribution in [0.5, 0.6) is 5.75 Å². The predicted molar refractivity (Wildman–Crippen MR) is 184 cm³/mol. The molecule has 3 heterocycles. The van der Waals surface area contributed by atoms with E-state index in [0.29, 0.717) is 23.5 Å². The Morgan fingerprint density at radius 2 is 1.36 bits per heavy atom. The van der Waals surface area contributed by atoms with Crippen LogP contribution in [0.15, 0.2) is 36.4 Å². The molecule has 3 aromatic rings. The van der Waals surface area contributed by atoms with Crippen LogP contribution in [-0.2, 0) is 6.18 Å². The Labute approximate surface area is 277 Å². The number of piperidine rings is 2. The number of rotatable bonds is 6. The number of aromatic nitrogens is 3. The summed E-state index contributed by atoms with van der Waals surface area (Å²) >= 11 is 5.99. The summed E-state index contributed by atoms with van der Waals surface area (Å²) in [5.41, 5.74) is -0.894. The third kappa shape index (κ3) is 10.2. The number of anilines is 5. The molecule has 2 fully saturated rings. The summed E-state index contributed by atoms with van der Waals surface area (Å²) in [6.07, 6.45) is 2.01. The number of carbonyl (C=O) groups is 1. The van der Waals surface area contributed by atoms with Gasteiger partial charge in [0.25, 0.3) is 5.91 Å². The van der Waals surface area contributed by atoms with Gasteiger partial charge < -0.3 is 50.1 Å². The van der Waals surface area contributed by atoms with Gasteiger partial charge in [0, 0.05) is 43.6 Å². The zero-order valence-electron chi connectivity index (χ0n) is 24.9. The lowest BCUT2D eigenvalue weighted by molar-refractivity contribution is -0.137. The van der Waals surface area contributed by atoms with Crippen LogP contribution in [0.25, 0.3) is 0 Å². The van der Waals surface area contributed by atoms with Crippen LogP contribution in [0.4, 0.5) is 42.4 Å². The van der Waals surface area contributed by atoms with Gasteiger partial charge >= 0.3 is 6.18 Å². The van der Waals surface area contributed by atoms with Crippen LogP contribution >= 0.6 is 24.0 Å². The lowest BCUT2D eigenvalue weighted by atomic mass is 10.1. The number of carbonyl (C=O) groups excluding carboxylic acids is 1. The molecule has 0 unspecified atom stereocenters. The van der Waals surface area contributed by atoms with E-state index in [9.17, 15) is 23.1 Å². The lowest BCUT2D eigenvalue weighted by Crippen LogP contribution is -2.34. The lowest BCUT2D eigenvalue weighted by Gasteiger charge is -2.30. The maximum Gasteiger partial charge on any atom is 0.416 e. The van der Waals surface area contributed by atoms with Gasteiger partial charge in [0.2, 0.25) is 17.8 Å². The van der Waals surface area contributed by atoms with Crippen LogP contribution in [0.2, 0.25) is 5.02 Å². The van der Waals surface area contributed by atoms with Crippen LogP contribution in [-0.4, -0.2) is 52.1 Å². The van der Waals surface area contributed by atoms with Gasteiger partial charge in [-0.05, 0) is 68.9 Å². The monoisotopic (exact) mass is 687 g/mol. The molecule has 1 amide bonds. The number of amides is 1. The summed E-state index contributed by atoms with van der Waals surface area (Å²) in [5.74, 6) is 0.299. The van der Waals surface area contributed by atoms with Gasteiger partial charge in [0.1, 0.15) is 5.75 Å². The number of phenols is 1. The highest BCUT2D eigenvalue weighted by Crippen LogP contribution is 2.34. The van der Waals surface area contributed by atoms with E-state index in [2.05, 4.69) is 30.4 Å². The Morgan fingerprint density at radius 1 is 0.822 bits per heavy atom. The number of phenolic OH excluding ortho intramolecular Hbond substituents is 1. The van der Waals surface area contributed by atoms with Crippen molar-refractivity contribution in [1.82, 2.24) is 39.6 Å². The van der Waals surface area contributed by atoms with Crippen LogP contribution in [0.1, 0.15) is 60.2 Å². The first-order valence-electron chi connectivity index (χ1n) is 13.2. The average molecular weight is 689 g/mol. The Bertz CT molecular complexity index is 1370. The normalized spacial score (nSPS) is 14.3. The largest absolute Gasteiger partial charge is 0.507 e. The number of nitrogens with one attached hydrogen (secondary N) is 2. The summed E-state index contributed by atoms with van der Waals surface area (Å²) in [7, 11) is 0. The summed E-state index contributed by atoms with van der Waals surface area (Å²) in [6.45, 7) is 3.46. The topological polar surface area (TPSA) is 247 Å². The SMILES string of the molecule is Cl.N.N.N.N.O=C(Nc1cc(C(F)(F)F)ccc1Cl)c1ccc(Nc2nc(N3CCCCC3)nc(N3CCCCC3)n2)cc1O.[HH].[HH].[HH].[HH]. The van der Waals surface area contributed by atoms with Crippen LogP contribution < -0.4 is 45.0 Å². The minimum atomic E-state index is -4.60. The Hall–Kier alpha value is -3.67. The summed E-state index contributed by atoms with van der Waals surface area (Å²) in [5, 5.41) is 16.0. The van der Waals surface area contributed by atoms with E-state index in [1.807, 2.05) is 0 Å². The molecule has 0 saturated carbocycles. The highest BCUT2D eigenvalue weighted by molar-refractivity contribution is 6.34. The van der Waals surface area contributed by atoms with Crippen molar-refractivity contribution in [2.45, 2.75) is 44.7 Å². The fraction of sp³-hybridized carbons (Fsp3) is 0.407. The van der Waals surface area contributed by atoms with Crippen molar-refractivity contribution in [3.63, 3.8) is 0 Å². The van der Waals surface area contributed by atoms with E-state index in [1.54, 1.807) is 6.07 Å². The zero-order chi connectivity index (χ0) is 28.3. The summed E-state index contributed by atoms with van der Waals surface area (Å²) in [4.78, 5) is 31.1. The second-order valence-corrected chi connectivity index (χ2v) is 10.3. The number of halogens is 5. The molecule has 2 aromatic carbocycles. The molecule has 18 heteroatoms. The van der Waals surface area contributed by atoms with E-state index in [0.717, 1.165) is 70.1 Å². The highest BCUT2D eigenvalue weighted by atomic mass is 35.5. The van der Waals surface area contributed by atoms with Crippen molar-refractivity contribution < 1.29 is 28.8 Å². The minimum Gasteiger partial charge on any atom is -0.507 e. The smallest absolute Gasteiger partial charge is 0.416 e. The maximum absolute atomic E-state index is 13.1. The van der Waals surface area contributed by atoms with Crippen molar-refractivity contribution in [1.29, 1.82) is 0 Å². The molecule has 5 rings (SSSR count). The quantitative estimate of drug-likeness (QED) is 0.129. The standard InChI is InChI=1S/C27H29ClF3N7O2.ClH.4H3N.4H2/c28-20-10-7-17(27(29,30)31)15-21(20)33-23(40)19-9-8-18(16-22(19)39)32-24-34-25(37-11-3-1-4-12-37)36-26(35-24)38-13-5-2-6-14-38;;;;;;;;;/h7-10,15-16,39H,1-6,11-14H2,(H,33,40)(H,32,34,35,36);1H;4*1H3;4*1H. The van der Waals surface area contributed by atoms with Gasteiger partial charge in [0.15, 0.2) is 0 Å². The molecule has 0 atom stereocenters. The Morgan fingerprint density at radius 3 is 1.84 bits per heavy atom. The van der Waals surface area contributed by atoms with E-state index in [-0.39, 0.29) is 64.7 Å². The van der Waals surface area contributed by atoms with Gasteiger partial charge in [-0.2, -0.15) is 28.1 Å². The Balaban J connectivity index is -0.000000717. The number of hydrogen-bond donors (Lipinski definition) is 7. The maximum atomic E-state index is 13.1. The van der Waals surface area contributed by atoms with Gasteiger partial charge in [-0.25, -0.2) is 0 Å². The van der Waals surface area contributed by atoms with Crippen LogP contribution in [0.3, 0.4) is 0 Å². The average Bonchev–Trinajstić information content (AvgIpc) is 2.94. The zero-order valence-corrected chi connectivity index (χ0v) is 26.4. The van der Waals surface area contributed by atoms with Crippen molar-refractivity contribution in [3.05, 3.63) is 52.5 Å². The molecule has 13 nitrogen and oxygen atoms in total. The molecule has 2 saturated heterocycles. The number of alkyl halides is 3. The van der Waals surface area contributed by atoms with Crippen molar-refractivity contribution in [2.24, 2.45) is 0 Å². The van der Waals surface area contributed by atoms with E-state index in [1.165, 1.54) is 25.0 Å². The number of hydrogen-bond acceptors (Lipinski definition) is 12. The molecule has 0 aliphatic carbocycles. The van der Waals surface area contributed by atoms with Crippen LogP contribution in [0, 0.1) is 0 Å². The van der Waals surface area contributed by atoms with E-state index >= 15 is 0 Å². The molecule has 2 aliphatic heterocycles. The van der Waals surface area contributed by atoms with Gasteiger partial charge in [0.05, 0.1) is 21.8 Å². The van der Waals surface area contributed by atoms with Gasteiger partial charge in [-0.3, -0.25) is 4.79 Å². The first-order valence-corrected chi connectivity index (χ1v) is 13.6. The van der Waals surface area contributed by atoms with Crippen molar-refractivity contribution in [3.8, 4) is 5.75 Å². The first kappa shape index (κ1) is 41.3. The molecule has 0 spiro atoms. The van der Waals surface area contributed by atoms with E-state index < -0.39 is 17.6 Å². The molecule has 260 valence electrons. The number of aromatic hydroxyl groups is 1. The van der Waals surface area contributed by atoms with Crippen molar-refractivity contribution in [2.75, 3.05) is 46.6 Å². The van der Waals surface area contributed by atoms with Gasteiger partial charge in [-0.1, -0.05) is 11.6 Å². The minimum absolute atomic E-state index is 0. The molecule has 0 radical (unpaired) electrons. The fourth-order valence-corrected chi connectivity index (χ4v) is 4.96. The second kappa shape index (κ2) is 17.7. The summed E-state index contributed by atoms with van der Waals surface area (Å²) < 4.78 is 39.3. The van der Waals surface area contributed by atoms with Gasteiger partial charge in [-0.15, -0.1) is 12.4 Å². The highest BCUT2D eigenvalue weighted by Gasteiger charge is 2.31. The third-order valence-corrected chi connectivity index (χ3v) is 7.26. The van der Waals surface area contributed by atoms with Crippen molar-refractivity contribution >= 4 is 59.1 Å². The van der Waals surface area contributed by atoms with E-state index in [4.69, 9.17) is 16.6 Å². The molecular weight excluding hydrogens is 638 g/mol. The molecule has 45 heavy (non-hydrogen) atoms. The fourth-order valence-electron chi connectivity index (χ4n) is 4.80. The molecular formula is C27H50Cl2F3N11O2. The predicted octanol–water partition coefficient (Wildman–Crippen LogP) is 8.28. The number of benzene rings is 2. The number of nitrogens with zero attached hydrogens (tertiary/aromatic N) is 5. The second-order valence-electron chi connectivity index (χ2n) is 9.86. The Kier molecular flexibility index (Phi) is 16.3. The molecule has 0 bridgehead atoms. The molecule has 2 aliphatic rings. The molecule has 1 aromatic heterocycles. The first-order chi connectivity index (χ1) is 19.2. The molecule has 15 N–H and O–H groups in total. The third-order valence-electron chi connectivity index (χ3n) is 6.93.